The van der Waals surface area contributed by atoms with Crippen LogP contribution < -0.4 is 4.74 Å². The highest BCUT2D eigenvalue weighted by molar-refractivity contribution is 5.42. The summed E-state index contributed by atoms with van der Waals surface area (Å²) in [6.45, 7) is 5.57. The summed E-state index contributed by atoms with van der Waals surface area (Å²) in [5.74, 6) is 2.22. The van der Waals surface area contributed by atoms with Gasteiger partial charge < -0.3 is 9.47 Å². The number of nitrogens with zero attached hydrogens (tertiary/aromatic N) is 4. The van der Waals surface area contributed by atoms with E-state index in [1.807, 2.05) is 25.1 Å². The normalized spacial score (nSPS) is 18.2. The topological polar surface area (TPSA) is 87.1 Å². The van der Waals surface area contributed by atoms with E-state index in [9.17, 15) is 0 Å². The molecule has 1 fully saturated rings. The van der Waals surface area contributed by atoms with Crippen molar-refractivity contribution < 1.29 is 9.47 Å². The summed E-state index contributed by atoms with van der Waals surface area (Å²) in [5, 5.41) is 16.2. The number of rotatable bonds is 6. The van der Waals surface area contributed by atoms with Crippen molar-refractivity contribution in [3.05, 3.63) is 41.5 Å². The summed E-state index contributed by atoms with van der Waals surface area (Å²) in [4.78, 5) is 6.72. The predicted octanol–water partition coefficient (Wildman–Crippen LogP) is 1.69. The van der Waals surface area contributed by atoms with Gasteiger partial charge >= 0.3 is 0 Å². The van der Waals surface area contributed by atoms with Crippen LogP contribution in [-0.4, -0.2) is 52.9 Å². The summed E-state index contributed by atoms with van der Waals surface area (Å²) < 4.78 is 11.5. The number of hydrogen-bond acceptors (Lipinski definition) is 6. The first-order valence-electron chi connectivity index (χ1n) is 8.17. The molecule has 2 aromatic rings. The second-order valence-electron chi connectivity index (χ2n) is 5.61. The molecule has 2 heterocycles. The molecular formula is C17H21N5O2. The van der Waals surface area contributed by atoms with Gasteiger partial charge in [-0.3, -0.25) is 10.00 Å². The number of ether oxygens (including phenoxy) is 2. The Labute approximate surface area is 141 Å². The molecule has 1 aromatic carbocycles. The van der Waals surface area contributed by atoms with E-state index >= 15 is 0 Å². The van der Waals surface area contributed by atoms with Gasteiger partial charge in [0.25, 0.3) is 0 Å². The lowest BCUT2D eigenvalue weighted by Gasteiger charge is -2.31. The number of nitriles is 1. The van der Waals surface area contributed by atoms with Crippen LogP contribution in [0.4, 0.5) is 0 Å². The Balaban J connectivity index is 1.51. The lowest BCUT2D eigenvalue weighted by molar-refractivity contribution is -0.0370. The largest absolute Gasteiger partial charge is 0.491 e. The monoisotopic (exact) mass is 327 g/mol. The highest BCUT2D eigenvalue weighted by atomic mass is 16.5. The smallest absolute Gasteiger partial charge is 0.180 e. The van der Waals surface area contributed by atoms with Crippen LogP contribution in [0.2, 0.25) is 0 Å². The molecule has 0 saturated carbocycles. The molecule has 1 atom stereocenters. The molecule has 1 aliphatic rings. The second kappa shape index (κ2) is 7.90. The second-order valence-corrected chi connectivity index (χ2v) is 5.61. The maximum absolute atomic E-state index is 9.08. The molecule has 1 N–H and O–H groups in total. The molecule has 0 amide bonds. The van der Waals surface area contributed by atoms with E-state index in [2.05, 4.69) is 26.2 Å². The van der Waals surface area contributed by atoms with Gasteiger partial charge in [-0.2, -0.15) is 10.4 Å². The summed E-state index contributed by atoms with van der Waals surface area (Å²) >= 11 is 0. The molecule has 1 saturated heterocycles. The van der Waals surface area contributed by atoms with E-state index in [1.54, 1.807) is 6.07 Å². The zero-order valence-electron chi connectivity index (χ0n) is 13.7. The van der Waals surface area contributed by atoms with Crippen molar-refractivity contribution >= 4 is 0 Å². The Morgan fingerprint density at radius 1 is 1.46 bits per heavy atom. The molecule has 0 aliphatic carbocycles. The zero-order chi connectivity index (χ0) is 16.8. The van der Waals surface area contributed by atoms with Crippen LogP contribution in [0, 0.1) is 11.3 Å². The van der Waals surface area contributed by atoms with Crippen LogP contribution in [0.25, 0.3) is 0 Å². The molecule has 0 bridgehead atoms. The van der Waals surface area contributed by atoms with Crippen molar-refractivity contribution in [1.29, 1.82) is 5.26 Å². The van der Waals surface area contributed by atoms with E-state index in [1.165, 1.54) is 0 Å². The van der Waals surface area contributed by atoms with Crippen molar-refractivity contribution in [2.24, 2.45) is 0 Å². The van der Waals surface area contributed by atoms with Crippen LogP contribution in [0.15, 0.2) is 24.3 Å². The number of morpholine rings is 1. The summed E-state index contributed by atoms with van der Waals surface area (Å²) in [6.07, 6.45) is 0.719. The number of benzene rings is 1. The minimum Gasteiger partial charge on any atom is -0.491 e. The Kier molecular flexibility index (Phi) is 5.41. The van der Waals surface area contributed by atoms with Crippen molar-refractivity contribution in [3.8, 4) is 11.8 Å². The van der Waals surface area contributed by atoms with Gasteiger partial charge in [0.15, 0.2) is 5.82 Å². The fraction of sp³-hybridized carbons (Fsp3) is 0.471. The minimum absolute atomic E-state index is 0.110. The SMILES string of the molecule is CCc1nc([C@@H]2CN(CCOc3ccccc3C#N)CCO2)n[nH]1. The number of nitrogens with one attached hydrogen (secondary N) is 1. The van der Waals surface area contributed by atoms with E-state index in [4.69, 9.17) is 14.7 Å². The predicted molar refractivity (Wildman–Crippen MR) is 87.5 cm³/mol. The van der Waals surface area contributed by atoms with Crippen LogP contribution in [0.1, 0.15) is 30.2 Å². The fourth-order valence-corrected chi connectivity index (χ4v) is 2.64. The fourth-order valence-electron chi connectivity index (χ4n) is 2.64. The molecule has 126 valence electrons. The van der Waals surface area contributed by atoms with Gasteiger partial charge in [-0.25, -0.2) is 4.98 Å². The molecule has 24 heavy (non-hydrogen) atoms. The van der Waals surface area contributed by atoms with Crippen LogP contribution >= 0.6 is 0 Å². The van der Waals surface area contributed by atoms with Gasteiger partial charge in [0.05, 0.1) is 12.2 Å². The molecule has 7 nitrogen and oxygen atoms in total. The molecule has 0 unspecified atom stereocenters. The standard InChI is InChI=1S/C17H21N5O2/c1-2-16-19-17(21-20-16)15-12-22(8-10-24-15)7-9-23-14-6-4-3-5-13(14)11-18/h3-6,15H,2,7-10,12H2,1H3,(H,19,20,21)/t15-/m0/s1. The number of para-hydroxylation sites is 1. The van der Waals surface area contributed by atoms with Gasteiger partial charge in [0, 0.05) is 26.1 Å². The van der Waals surface area contributed by atoms with E-state index in [0.717, 1.165) is 31.9 Å². The maximum atomic E-state index is 9.08. The highest BCUT2D eigenvalue weighted by Crippen LogP contribution is 2.20. The summed E-state index contributed by atoms with van der Waals surface area (Å²) in [5.41, 5.74) is 0.560. The van der Waals surface area contributed by atoms with Gasteiger partial charge in [-0.05, 0) is 12.1 Å². The Bertz CT molecular complexity index is 709. The van der Waals surface area contributed by atoms with Crippen LogP contribution in [-0.2, 0) is 11.2 Å². The lowest BCUT2D eigenvalue weighted by Crippen LogP contribution is -2.40. The van der Waals surface area contributed by atoms with Crippen LogP contribution in [0.3, 0.4) is 0 Å². The summed E-state index contributed by atoms with van der Waals surface area (Å²) in [6, 6.07) is 9.42. The highest BCUT2D eigenvalue weighted by Gasteiger charge is 2.25. The van der Waals surface area contributed by atoms with Gasteiger partial charge in [0.1, 0.15) is 30.4 Å². The van der Waals surface area contributed by atoms with Crippen molar-refractivity contribution in [1.82, 2.24) is 20.1 Å². The van der Waals surface area contributed by atoms with E-state index in [-0.39, 0.29) is 6.10 Å². The summed E-state index contributed by atoms with van der Waals surface area (Å²) in [7, 11) is 0. The quantitative estimate of drug-likeness (QED) is 0.869. The molecular weight excluding hydrogens is 306 g/mol. The van der Waals surface area contributed by atoms with Crippen LogP contribution in [0.5, 0.6) is 5.75 Å². The number of aromatic amines is 1. The van der Waals surface area contributed by atoms with Gasteiger partial charge in [-0.1, -0.05) is 19.1 Å². The number of H-pyrrole nitrogens is 1. The number of hydrogen-bond donors (Lipinski definition) is 1. The van der Waals surface area contributed by atoms with Crippen molar-refractivity contribution in [3.63, 3.8) is 0 Å². The minimum atomic E-state index is -0.110. The number of aromatic nitrogens is 3. The van der Waals surface area contributed by atoms with E-state index in [0.29, 0.717) is 30.4 Å². The Morgan fingerprint density at radius 2 is 2.33 bits per heavy atom. The molecule has 0 spiro atoms. The zero-order valence-corrected chi connectivity index (χ0v) is 13.7. The average molecular weight is 327 g/mol. The molecule has 1 aromatic heterocycles. The first kappa shape index (κ1) is 16.4. The third-order valence-electron chi connectivity index (χ3n) is 4.00. The first-order chi connectivity index (χ1) is 11.8. The molecule has 7 heteroatoms. The molecule has 1 aliphatic heterocycles. The van der Waals surface area contributed by atoms with Crippen molar-refractivity contribution in [2.45, 2.75) is 19.4 Å². The lowest BCUT2D eigenvalue weighted by atomic mass is 10.2. The third-order valence-corrected chi connectivity index (χ3v) is 4.00. The van der Waals surface area contributed by atoms with Gasteiger partial charge in [-0.15, -0.1) is 0 Å². The Hall–Kier alpha value is -2.43. The van der Waals surface area contributed by atoms with Gasteiger partial charge in [0.2, 0.25) is 0 Å². The average Bonchev–Trinajstić information content (AvgIpc) is 3.12. The van der Waals surface area contributed by atoms with Crippen molar-refractivity contribution in [2.75, 3.05) is 32.8 Å². The first-order valence-corrected chi connectivity index (χ1v) is 8.17. The third kappa shape index (κ3) is 3.91. The van der Waals surface area contributed by atoms with E-state index < -0.39 is 0 Å². The maximum Gasteiger partial charge on any atom is 0.180 e. The Morgan fingerprint density at radius 3 is 3.12 bits per heavy atom. The molecule has 3 rings (SSSR count). The molecule has 0 radical (unpaired) electrons. The number of aryl methyl sites for hydroxylation is 1.